The molecule has 0 radical (unpaired) electrons. The summed E-state index contributed by atoms with van der Waals surface area (Å²) in [7, 11) is 1.67. The van der Waals surface area contributed by atoms with Gasteiger partial charge in [-0.3, -0.25) is 4.99 Å². The lowest BCUT2D eigenvalue weighted by Gasteiger charge is -2.21. The second-order valence-electron chi connectivity index (χ2n) is 3.52. The maximum absolute atomic E-state index is 5.47. The zero-order valence-electron chi connectivity index (χ0n) is 10.6. The third kappa shape index (κ3) is 7.66. The average molecular weight is 282 g/mol. The minimum Gasteiger partial charge on any atom is -0.330 e. The fourth-order valence-corrected chi connectivity index (χ4v) is 5.88. The Kier molecular flexibility index (Phi) is 9.71. The molecular weight excluding hydrogens is 259 g/mol. The largest absolute Gasteiger partial charge is 0.330 e. The first-order valence-electron chi connectivity index (χ1n) is 5.68. The summed E-state index contributed by atoms with van der Waals surface area (Å²) in [6.07, 6.45) is 5.10. The van der Waals surface area contributed by atoms with E-state index in [1.54, 1.807) is 24.8 Å². The summed E-state index contributed by atoms with van der Waals surface area (Å²) in [5.41, 5.74) is -1.97. The number of aliphatic imine (C=N–C) groups is 1. The molecule has 0 aromatic heterocycles. The fraction of sp³-hybridized carbons (Fsp3) is 0.900. The van der Waals surface area contributed by atoms with Crippen LogP contribution in [0.2, 0.25) is 0 Å². The van der Waals surface area contributed by atoms with E-state index >= 15 is 0 Å². The molecule has 0 aromatic rings. The van der Waals surface area contributed by atoms with Crippen molar-refractivity contribution in [3.05, 3.63) is 0 Å². The van der Waals surface area contributed by atoms with Crippen molar-refractivity contribution in [1.82, 2.24) is 5.09 Å². The van der Waals surface area contributed by atoms with E-state index in [0.717, 1.165) is 25.8 Å². The Labute approximate surface area is 109 Å². The quantitative estimate of drug-likeness (QED) is 0.302. The first kappa shape index (κ1) is 16.4. The van der Waals surface area contributed by atoms with Crippen LogP contribution in [-0.2, 0) is 16.3 Å². The fourth-order valence-electron chi connectivity index (χ4n) is 0.863. The molecule has 0 aliphatic rings. The van der Waals surface area contributed by atoms with Gasteiger partial charge in [0.2, 0.25) is 5.62 Å². The molecule has 96 valence electrons. The summed E-state index contributed by atoms with van der Waals surface area (Å²) >= 11 is 7.19. The predicted molar refractivity (Wildman–Crippen MR) is 80.0 cm³/mol. The zero-order chi connectivity index (χ0) is 12.4. The van der Waals surface area contributed by atoms with Crippen LogP contribution >= 0.6 is 17.0 Å². The number of hydrogen-bond acceptors (Lipinski definition) is 4. The van der Waals surface area contributed by atoms with Crippen molar-refractivity contribution in [2.45, 2.75) is 45.3 Å². The van der Waals surface area contributed by atoms with Gasteiger partial charge >= 0.3 is 0 Å². The molecule has 0 spiro atoms. The standard InChI is InChI=1S/C10H23N2OPS2/c1-5-7-8-11-9-12-14(15,13-4)16-10(3)6-2/h9-10H,5-8H2,1-4H3,(H,11,12,15). The van der Waals surface area contributed by atoms with Gasteiger partial charge in [-0.25, -0.2) is 0 Å². The minimum absolute atomic E-state index is 0.516. The van der Waals surface area contributed by atoms with E-state index < -0.39 is 5.62 Å². The number of rotatable bonds is 9. The van der Waals surface area contributed by atoms with Crippen molar-refractivity contribution in [3.63, 3.8) is 0 Å². The molecule has 16 heavy (non-hydrogen) atoms. The van der Waals surface area contributed by atoms with E-state index in [1.807, 2.05) is 0 Å². The van der Waals surface area contributed by atoms with E-state index in [4.69, 9.17) is 16.3 Å². The van der Waals surface area contributed by atoms with Gasteiger partial charge in [0.05, 0.1) is 6.34 Å². The van der Waals surface area contributed by atoms with Crippen LogP contribution in [0.15, 0.2) is 4.99 Å². The van der Waals surface area contributed by atoms with Crippen molar-refractivity contribution < 1.29 is 4.52 Å². The molecule has 2 atom stereocenters. The van der Waals surface area contributed by atoms with Gasteiger partial charge in [-0.05, 0) is 24.6 Å². The average Bonchev–Trinajstić information content (AvgIpc) is 2.28. The molecule has 0 saturated carbocycles. The van der Waals surface area contributed by atoms with Gasteiger partial charge in [-0.1, -0.05) is 38.6 Å². The number of unbranched alkanes of at least 4 members (excludes halogenated alkanes) is 1. The van der Waals surface area contributed by atoms with Crippen LogP contribution in [0.5, 0.6) is 0 Å². The maximum atomic E-state index is 5.47. The molecule has 0 bridgehead atoms. The normalized spacial score (nSPS) is 17.2. The summed E-state index contributed by atoms with van der Waals surface area (Å²) < 4.78 is 5.40. The van der Waals surface area contributed by atoms with Gasteiger partial charge in [-0.2, -0.15) is 0 Å². The van der Waals surface area contributed by atoms with Crippen LogP contribution in [-0.4, -0.2) is 25.2 Å². The highest BCUT2D eigenvalue weighted by atomic mass is 32.9. The number of nitrogens with one attached hydrogen (secondary N) is 1. The minimum atomic E-state index is -1.97. The van der Waals surface area contributed by atoms with Gasteiger partial charge in [0, 0.05) is 18.9 Å². The van der Waals surface area contributed by atoms with Gasteiger partial charge in [-0.15, -0.1) is 0 Å². The molecule has 0 aliphatic heterocycles. The SMILES string of the molecule is CCCCN=CNP(=S)(OC)SC(C)CC. The zero-order valence-corrected chi connectivity index (χ0v) is 13.1. The molecule has 0 fully saturated rings. The summed E-state index contributed by atoms with van der Waals surface area (Å²) in [4.78, 5) is 4.26. The van der Waals surface area contributed by atoms with Crippen LogP contribution in [0.4, 0.5) is 0 Å². The second kappa shape index (κ2) is 9.46. The van der Waals surface area contributed by atoms with Crippen LogP contribution in [0, 0.1) is 0 Å². The smallest absolute Gasteiger partial charge is 0.211 e. The van der Waals surface area contributed by atoms with Crippen molar-refractivity contribution in [2.24, 2.45) is 4.99 Å². The molecule has 1 N–H and O–H groups in total. The topological polar surface area (TPSA) is 33.6 Å². The lowest BCUT2D eigenvalue weighted by Crippen LogP contribution is -2.09. The van der Waals surface area contributed by atoms with Crippen molar-refractivity contribution in [2.75, 3.05) is 13.7 Å². The molecule has 0 aliphatic carbocycles. The second-order valence-corrected chi connectivity index (χ2v) is 10.6. The van der Waals surface area contributed by atoms with Crippen molar-refractivity contribution in [3.8, 4) is 0 Å². The Morgan fingerprint density at radius 1 is 1.56 bits per heavy atom. The molecule has 0 aromatic carbocycles. The summed E-state index contributed by atoms with van der Waals surface area (Å²) in [5, 5.41) is 3.66. The number of nitrogens with zero attached hydrogens (tertiary/aromatic N) is 1. The first-order valence-corrected chi connectivity index (χ1v) is 9.88. The molecule has 0 amide bonds. The lowest BCUT2D eigenvalue weighted by molar-refractivity contribution is 0.467. The van der Waals surface area contributed by atoms with Crippen LogP contribution in [0.1, 0.15) is 40.0 Å². The summed E-state index contributed by atoms with van der Waals surface area (Å²) in [6, 6.07) is 0. The Balaban J connectivity index is 4.06. The number of hydrogen-bond donors (Lipinski definition) is 1. The third-order valence-electron chi connectivity index (χ3n) is 2.08. The third-order valence-corrected chi connectivity index (χ3v) is 8.18. The van der Waals surface area contributed by atoms with Gasteiger partial charge in [0.25, 0.3) is 0 Å². The van der Waals surface area contributed by atoms with E-state index in [9.17, 15) is 0 Å². The van der Waals surface area contributed by atoms with E-state index in [2.05, 4.69) is 30.9 Å². The Morgan fingerprint density at radius 3 is 2.75 bits per heavy atom. The van der Waals surface area contributed by atoms with Gasteiger partial charge < -0.3 is 9.61 Å². The van der Waals surface area contributed by atoms with Crippen LogP contribution in [0.25, 0.3) is 0 Å². The molecule has 6 heteroatoms. The highest BCUT2D eigenvalue weighted by molar-refractivity contribution is 8.69. The predicted octanol–water partition coefficient (Wildman–Crippen LogP) is 3.81. The first-order chi connectivity index (χ1) is 7.58. The molecule has 0 heterocycles. The highest BCUT2D eigenvalue weighted by Crippen LogP contribution is 2.57. The van der Waals surface area contributed by atoms with Crippen LogP contribution in [0.3, 0.4) is 0 Å². The molecule has 0 saturated heterocycles. The van der Waals surface area contributed by atoms with Gasteiger partial charge in [0.15, 0.2) is 0 Å². The maximum Gasteiger partial charge on any atom is 0.211 e. The van der Waals surface area contributed by atoms with E-state index in [-0.39, 0.29) is 0 Å². The van der Waals surface area contributed by atoms with Gasteiger partial charge in [0.1, 0.15) is 0 Å². The Hall–Kier alpha value is 0.430. The Morgan fingerprint density at radius 2 is 2.25 bits per heavy atom. The molecule has 3 nitrogen and oxygen atoms in total. The van der Waals surface area contributed by atoms with Crippen molar-refractivity contribution in [1.29, 1.82) is 0 Å². The van der Waals surface area contributed by atoms with E-state index in [0.29, 0.717) is 5.25 Å². The molecular formula is C10H23N2OPS2. The highest BCUT2D eigenvalue weighted by Gasteiger charge is 2.18. The van der Waals surface area contributed by atoms with E-state index in [1.165, 1.54) is 0 Å². The summed E-state index contributed by atoms with van der Waals surface area (Å²) in [5.74, 6) is 0. The molecule has 0 rings (SSSR count). The lowest BCUT2D eigenvalue weighted by atomic mass is 10.3. The monoisotopic (exact) mass is 282 g/mol. The van der Waals surface area contributed by atoms with Crippen molar-refractivity contribution >= 4 is 35.1 Å². The van der Waals surface area contributed by atoms with Crippen LogP contribution < -0.4 is 5.09 Å². The molecule has 2 unspecified atom stereocenters. The Bertz CT molecular complexity index is 249. The summed E-state index contributed by atoms with van der Waals surface area (Å²) in [6.45, 7) is 7.33.